The maximum atomic E-state index is 16.0. The lowest BCUT2D eigenvalue weighted by Gasteiger charge is -2.62. The molecule has 0 radical (unpaired) electrons. The van der Waals surface area contributed by atoms with Crippen LogP contribution in [0.1, 0.15) is 127 Å². The number of rotatable bonds is 14. The highest BCUT2D eigenvalue weighted by atomic mass is 16.6. The molecule has 1 spiro atoms. The number of piperazine rings is 1. The van der Waals surface area contributed by atoms with E-state index in [0.29, 0.717) is 94.2 Å². The van der Waals surface area contributed by atoms with E-state index in [1.165, 1.54) is 5.57 Å². The van der Waals surface area contributed by atoms with Gasteiger partial charge in [0, 0.05) is 91.2 Å². The van der Waals surface area contributed by atoms with Gasteiger partial charge >= 0.3 is 5.97 Å². The van der Waals surface area contributed by atoms with Crippen molar-refractivity contribution < 1.29 is 48.0 Å². The number of carbonyl (C=O) groups is 5. The second kappa shape index (κ2) is 18.2. The average molecular weight is 981 g/mol. The monoisotopic (exact) mass is 980 g/mol. The molecule has 11 rings (SSSR count). The quantitative estimate of drug-likeness (QED) is 0.0829. The fraction of sp³-hybridized carbons (Fsp3) is 0.517. The van der Waals surface area contributed by atoms with Crippen molar-refractivity contribution in [2.75, 3.05) is 46.4 Å². The molecule has 5 fully saturated rings. The van der Waals surface area contributed by atoms with Gasteiger partial charge in [0.2, 0.25) is 11.8 Å². The molecule has 2 aromatic carbocycles. The molecular formula is C58H68N4O10. The van der Waals surface area contributed by atoms with Crippen LogP contribution in [0.15, 0.2) is 75.9 Å². The van der Waals surface area contributed by atoms with Gasteiger partial charge in [0.1, 0.15) is 17.1 Å². The minimum Gasteiger partial charge on any atom is -0.482 e. The Bertz CT molecular complexity index is 2890. The van der Waals surface area contributed by atoms with Gasteiger partial charge in [-0.1, -0.05) is 53.6 Å². The SMILES string of the molecule is CC(C)=CCCC1(C)C=Cc2c(c(CC=C(C)C)c3c(c2OC(=O)CCC(=O)N2CCN(C)CC2)C2=C4C(C5CC6C(C)(C)OC(CC=C(C)C(=O)NCCO)(C5=O)C46O3)C3C(=O)c4ccccc4C3=N2)O1. The Morgan fingerprint density at radius 2 is 1.65 bits per heavy atom. The smallest absolute Gasteiger partial charge is 0.311 e. The number of ether oxygens (including phenoxy) is 4. The molecule has 7 atom stereocenters. The molecule has 7 unspecified atom stereocenters. The first-order valence-corrected chi connectivity index (χ1v) is 25.8. The molecule has 4 aliphatic carbocycles. The number of likely N-dealkylation sites (N-methyl/N-ethyl adjacent to an activating group) is 1. The normalized spacial score (nSPS) is 28.9. The third kappa shape index (κ3) is 7.76. The van der Waals surface area contributed by atoms with E-state index in [0.717, 1.165) is 25.1 Å². The topological polar surface area (TPSA) is 173 Å². The largest absolute Gasteiger partial charge is 0.482 e. The molecule has 5 heterocycles. The Morgan fingerprint density at radius 1 is 0.931 bits per heavy atom. The van der Waals surface area contributed by atoms with E-state index in [1.807, 2.05) is 78.1 Å². The molecule has 2 aromatic rings. The number of Topliss-reactive ketones (excluding diaryl/α,β-unsaturated/α-hetero) is 2. The zero-order valence-corrected chi connectivity index (χ0v) is 43.2. The fourth-order valence-corrected chi connectivity index (χ4v) is 13.0. The van der Waals surface area contributed by atoms with Crippen molar-refractivity contribution in [1.82, 2.24) is 15.1 Å². The summed E-state index contributed by atoms with van der Waals surface area (Å²) >= 11 is 0. The zero-order valence-electron chi connectivity index (χ0n) is 43.2. The van der Waals surface area contributed by atoms with Crippen LogP contribution < -0.4 is 19.5 Å². The molecule has 14 heteroatoms. The van der Waals surface area contributed by atoms with Crippen molar-refractivity contribution in [2.24, 2.45) is 28.7 Å². The van der Waals surface area contributed by atoms with Crippen LogP contribution in [0.2, 0.25) is 0 Å². The molecule has 9 aliphatic rings. The number of fused-ring (bicyclic) bond motifs is 6. The lowest BCUT2D eigenvalue weighted by molar-refractivity contribution is -0.182. The summed E-state index contributed by atoms with van der Waals surface area (Å²) in [6.07, 6.45) is 11.8. The number of benzene rings is 2. The molecule has 2 amide bonds. The third-order valence-electron chi connectivity index (χ3n) is 16.6. The first-order valence-electron chi connectivity index (χ1n) is 25.8. The third-order valence-corrected chi connectivity index (χ3v) is 16.6. The minimum absolute atomic E-state index is 0.0338. The molecule has 2 N–H and O–H groups in total. The number of aliphatic imine (C=N–C) groups is 1. The summed E-state index contributed by atoms with van der Waals surface area (Å²) < 4.78 is 29.1. The number of nitrogens with zero attached hydrogens (tertiary/aromatic N) is 3. The number of aliphatic hydroxyl groups is 1. The lowest BCUT2D eigenvalue weighted by Crippen LogP contribution is -2.75. The molecule has 4 bridgehead atoms. The molecule has 2 saturated heterocycles. The van der Waals surface area contributed by atoms with Crippen molar-refractivity contribution in [3.63, 3.8) is 0 Å². The Hall–Kier alpha value is -5.96. The van der Waals surface area contributed by atoms with Crippen LogP contribution >= 0.6 is 0 Å². The fourth-order valence-electron chi connectivity index (χ4n) is 13.0. The van der Waals surface area contributed by atoms with Crippen molar-refractivity contribution >= 4 is 46.8 Å². The van der Waals surface area contributed by atoms with Gasteiger partial charge in [0.05, 0.1) is 47.1 Å². The predicted molar refractivity (Wildman–Crippen MR) is 273 cm³/mol. The number of hydrogen-bond donors (Lipinski definition) is 2. The number of amides is 2. The minimum atomic E-state index is -1.69. The van der Waals surface area contributed by atoms with Gasteiger partial charge in [-0.05, 0) is 100 Å². The number of carbonyl (C=O) groups excluding carboxylic acids is 5. The van der Waals surface area contributed by atoms with E-state index >= 15 is 4.79 Å². The Morgan fingerprint density at radius 3 is 2.36 bits per heavy atom. The number of allylic oxidation sites excluding steroid dienone is 4. The molecular weight excluding hydrogens is 913 g/mol. The second-order valence-corrected chi connectivity index (χ2v) is 22.3. The standard InChI is InChI=1S/C58H68N4O10/c1-32(2)13-12-22-56(8)23-21-38-50(70-56)37(17-16-33(3)4)52-45(51(38)69-42(65)19-18-41(64)62-28-26-61(9)27-29-62)48-46-43(44-47(60-48)35-14-10-11-15-36(35)49(44)66)39-31-40-55(6,7)72-57(53(39)67,58(40,46)71-52)24-20-34(5)54(68)59-25-30-63/h10-11,13-16,20-21,23,39-40,43-44,63H,12,17-19,22,24-31H2,1-9H3,(H,59,68). The number of nitrogens with one attached hydrogen (secondary N) is 1. The highest BCUT2D eigenvalue weighted by Crippen LogP contribution is 2.74. The van der Waals surface area contributed by atoms with Crippen LogP contribution in [-0.4, -0.2) is 119 Å². The van der Waals surface area contributed by atoms with E-state index < -0.39 is 52.0 Å². The molecule has 5 aliphatic heterocycles. The first kappa shape index (κ1) is 49.6. The van der Waals surface area contributed by atoms with Crippen LogP contribution in [0.3, 0.4) is 0 Å². The summed E-state index contributed by atoms with van der Waals surface area (Å²) in [6, 6.07) is 7.44. The van der Waals surface area contributed by atoms with Gasteiger partial charge < -0.3 is 39.2 Å². The maximum Gasteiger partial charge on any atom is 0.311 e. The van der Waals surface area contributed by atoms with E-state index in [1.54, 1.807) is 17.9 Å². The summed E-state index contributed by atoms with van der Waals surface area (Å²) in [6.45, 7) is 18.3. The Labute approximate surface area is 422 Å². The van der Waals surface area contributed by atoms with E-state index in [4.69, 9.17) is 23.9 Å². The molecule has 3 saturated carbocycles. The van der Waals surface area contributed by atoms with E-state index in [9.17, 15) is 24.3 Å². The lowest BCUT2D eigenvalue weighted by atomic mass is 9.43. The van der Waals surface area contributed by atoms with Gasteiger partial charge in [0.25, 0.3) is 0 Å². The summed E-state index contributed by atoms with van der Waals surface area (Å²) in [7, 11) is 2.02. The van der Waals surface area contributed by atoms with Crippen LogP contribution in [0.4, 0.5) is 0 Å². The van der Waals surface area contributed by atoms with E-state index in [2.05, 4.69) is 36.2 Å². The summed E-state index contributed by atoms with van der Waals surface area (Å²) in [4.78, 5) is 82.0. The Balaban J connectivity index is 1.23. The van der Waals surface area contributed by atoms with Crippen LogP contribution in [0, 0.1) is 23.7 Å². The first-order chi connectivity index (χ1) is 34.3. The van der Waals surface area contributed by atoms with Gasteiger partial charge in [-0.25, -0.2) is 0 Å². The number of ketones is 2. The maximum absolute atomic E-state index is 16.0. The van der Waals surface area contributed by atoms with Gasteiger partial charge in [-0.3, -0.25) is 29.0 Å². The van der Waals surface area contributed by atoms with Gasteiger partial charge in [-0.2, -0.15) is 0 Å². The van der Waals surface area contributed by atoms with Crippen molar-refractivity contribution in [3.8, 4) is 17.2 Å². The number of aliphatic hydroxyl groups excluding tert-OH is 1. The van der Waals surface area contributed by atoms with Gasteiger partial charge in [0.15, 0.2) is 28.5 Å². The second-order valence-electron chi connectivity index (χ2n) is 22.3. The molecule has 14 nitrogen and oxygen atoms in total. The van der Waals surface area contributed by atoms with Crippen LogP contribution in [0.5, 0.6) is 17.2 Å². The highest BCUT2D eigenvalue weighted by Gasteiger charge is 2.84. The number of esters is 1. The highest BCUT2D eigenvalue weighted by molar-refractivity contribution is 6.31. The zero-order chi connectivity index (χ0) is 51.2. The predicted octanol–water partition coefficient (Wildman–Crippen LogP) is 7.55. The summed E-state index contributed by atoms with van der Waals surface area (Å²) in [5.41, 5.74) is 2.10. The van der Waals surface area contributed by atoms with Crippen molar-refractivity contribution in [2.45, 2.75) is 123 Å². The Kier molecular flexibility index (Phi) is 12.5. The summed E-state index contributed by atoms with van der Waals surface area (Å²) in [5.74, 6) is -3.07. The summed E-state index contributed by atoms with van der Waals surface area (Å²) in [5, 5.41) is 12.2. The number of hydrogen-bond acceptors (Lipinski definition) is 12. The molecule has 72 heavy (non-hydrogen) atoms. The molecule has 380 valence electrons. The molecule has 0 aromatic heterocycles. The van der Waals surface area contributed by atoms with Crippen LogP contribution in [-0.2, 0) is 30.3 Å². The van der Waals surface area contributed by atoms with Crippen LogP contribution in [0.25, 0.3) is 11.8 Å². The van der Waals surface area contributed by atoms with Crippen molar-refractivity contribution in [3.05, 3.63) is 98.7 Å². The van der Waals surface area contributed by atoms with Crippen molar-refractivity contribution in [1.29, 1.82) is 0 Å². The van der Waals surface area contributed by atoms with E-state index in [-0.39, 0.29) is 61.5 Å². The average Bonchev–Trinajstić information content (AvgIpc) is 3.70. The van der Waals surface area contributed by atoms with Gasteiger partial charge in [-0.15, -0.1) is 0 Å².